The van der Waals surface area contributed by atoms with Crippen LogP contribution >= 0.6 is 11.8 Å². The highest BCUT2D eigenvalue weighted by Crippen LogP contribution is 2.32. The molecular formula is C22H25N5O4S. The Bertz CT molecular complexity index is 1110. The molecule has 0 fully saturated rings. The minimum atomic E-state index is -0.159. The minimum Gasteiger partial charge on any atom is -0.493 e. The largest absolute Gasteiger partial charge is 0.493 e. The van der Waals surface area contributed by atoms with E-state index in [-0.39, 0.29) is 11.7 Å². The third kappa shape index (κ3) is 5.20. The molecule has 0 saturated carbocycles. The average Bonchev–Trinajstić information content (AvgIpc) is 3.25. The van der Waals surface area contributed by atoms with Gasteiger partial charge in [0.2, 0.25) is 5.91 Å². The Kier molecular flexibility index (Phi) is 7.72. The van der Waals surface area contributed by atoms with Gasteiger partial charge in [-0.3, -0.25) is 4.79 Å². The van der Waals surface area contributed by atoms with E-state index in [1.807, 2.05) is 29.7 Å². The van der Waals surface area contributed by atoms with Crippen LogP contribution in [0.5, 0.6) is 11.5 Å². The number of methoxy groups -OCH3 is 2. The Labute approximate surface area is 190 Å². The zero-order valence-electron chi connectivity index (χ0n) is 18.3. The molecule has 0 spiro atoms. The summed E-state index contributed by atoms with van der Waals surface area (Å²) in [6, 6.07) is 12.6. The van der Waals surface area contributed by atoms with Crippen LogP contribution in [0.2, 0.25) is 0 Å². The van der Waals surface area contributed by atoms with Gasteiger partial charge in [-0.15, -0.1) is 10.2 Å². The summed E-state index contributed by atoms with van der Waals surface area (Å²) in [5.41, 5.74) is 2.78. The number of amides is 1. The molecule has 3 rings (SSSR count). The standard InChI is InChI=1S/C22H25N5O4S/c1-5-27-21(16-8-11-18(30-3)19(12-16)31-4)24-25-22(27)32-13-20(28)23-17-9-6-15(7-10-17)14(2)26-29/h6-12,29H,5,13H2,1-4H3,(H,23,28)/b26-14-. The number of oxime groups is 1. The maximum atomic E-state index is 12.4. The molecule has 1 heterocycles. The number of anilines is 1. The molecule has 0 atom stereocenters. The molecule has 0 unspecified atom stereocenters. The fourth-order valence-electron chi connectivity index (χ4n) is 3.05. The van der Waals surface area contributed by atoms with Gasteiger partial charge < -0.3 is 24.6 Å². The molecule has 0 radical (unpaired) electrons. The molecule has 0 saturated heterocycles. The number of carbonyl (C=O) groups excluding carboxylic acids is 1. The zero-order valence-corrected chi connectivity index (χ0v) is 19.1. The number of nitrogens with one attached hydrogen (secondary N) is 1. The Morgan fingerprint density at radius 1 is 1.12 bits per heavy atom. The zero-order chi connectivity index (χ0) is 23.1. The van der Waals surface area contributed by atoms with Crippen molar-refractivity contribution in [2.24, 2.45) is 5.16 Å². The molecule has 0 aliphatic carbocycles. The quantitative estimate of drug-likeness (QED) is 0.218. The fourth-order valence-corrected chi connectivity index (χ4v) is 3.85. The van der Waals surface area contributed by atoms with E-state index in [0.717, 1.165) is 11.1 Å². The van der Waals surface area contributed by atoms with Crippen molar-refractivity contribution in [3.8, 4) is 22.9 Å². The number of hydrogen-bond donors (Lipinski definition) is 2. The van der Waals surface area contributed by atoms with Gasteiger partial charge in [0.1, 0.15) is 0 Å². The molecule has 0 bridgehead atoms. The van der Waals surface area contributed by atoms with Gasteiger partial charge in [0, 0.05) is 17.8 Å². The Hall–Kier alpha value is -3.53. The van der Waals surface area contributed by atoms with Crippen LogP contribution in [0, 0.1) is 0 Å². The Morgan fingerprint density at radius 2 is 1.84 bits per heavy atom. The van der Waals surface area contributed by atoms with Gasteiger partial charge in [0.05, 0.1) is 25.7 Å². The number of thioether (sulfide) groups is 1. The van der Waals surface area contributed by atoms with Crippen molar-refractivity contribution >= 4 is 29.1 Å². The number of aromatic nitrogens is 3. The molecule has 2 aromatic carbocycles. The molecular weight excluding hydrogens is 430 g/mol. The Balaban J connectivity index is 1.68. The van der Waals surface area contributed by atoms with Crippen LogP contribution in [0.4, 0.5) is 5.69 Å². The van der Waals surface area contributed by atoms with Crippen LogP contribution in [0.1, 0.15) is 19.4 Å². The first-order valence-electron chi connectivity index (χ1n) is 9.88. The maximum absolute atomic E-state index is 12.4. The van der Waals surface area contributed by atoms with Crippen LogP contribution in [-0.2, 0) is 11.3 Å². The monoisotopic (exact) mass is 455 g/mol. The van der Waals surface area contributed by atoms with Crippen LogP contribution in [0.15, 0.2) is 52.8 Å². The van der Waals surface area contributed by atoms with Gasteiger partial charge in [0.25, 0.3) is 0 Å². The molecule has 168 valence electrons. The number of hydrogen-bond acceptors (Lipinski definition) is 8. The average molecular weight is 456 g/mol. The Morgan fingerprint density at radius 3 is 2.47 bits per heavy atom. The van der Waals surface area contributed by atoms with Crippen LogP contribution in [0.25, 0.3) is 11.4 Å². The molecule has 32 heavy (non-hydrogen) atoms. The van der Waals surface area contributed by atoms with E-state index in [4.69, 9.17) is 14.7 Å². The van der Waals surface area contributed by atoms with E-state index in [0.29, 0.717) is 40.4 Å². The van der Waals surface area contributed by atoms with Crippen molar-refractivity contribution in [1.29, 1.82) is 0 Å². The van der Waals surface area contributed by atoms with Crippen LogP contribution in [-0.4, -0.2) is 51.6 Å². The van der Waals surface area contributed by atoms with Crippen molar-refractivity contribution in [3.05, 3.63) is 48.0 Å². The summed E-state index contributed by atoms with van der Waals surface area (Å²) in [5.74, 6) is 1.96. The van der Waals surface area contributed by atoms with Gasteiger partial charge in [-0.2, -0.15) is 0 Å². The van der Waals surface area contributed by atoms with Crippen LogP contribution < -0.4 is 14.8 Å². The van der Waals surface area contributed by atoms with Gasteiger partial charge in [0.15, 0.2) is 22.5 Å². The van der Waals surface area contributed by atoms with Gasteiger partial charge in [-0.1, -0.05) is 29.1 Å². The lowest BCUT2D eigenvalue weighted by atomic mass is 10.1. The lowest BCUT2D eigenvalue weighted by Gasteiger charge is -2.11. The van der Waals surface area contributed by atoms with Gasteiger partial charge in [-0.25, -0.2) is 0 Å². The normalized spacial score (nSPS) is 11.3. The van der Waals surface area contributed by atoms with Crippen molar-refractivity contribution in [2.45, 2.75) is 25.5 Å². The first-order chi connectivity index (χ1) is 15.5. The van der Waals surface area contributed by atoms with Gasteiger partial charge in [-0.05, 0) is 49.7 Å². The first-order valence-corrected chi connectivity index (χ1v) is 10.9. The van der Waals surface area contributed by atoms with Crippen molar-refractivity contribution in [1.82, 2.24) is 14.8 Å². The predicted octanol–water partition coefficient (Wildman–Crippen LogP) is 3.91. The molecule has 9 nitrogen and oxygen atoms in total. The van der Waals surface area contributed by atoms with Crippen molar-refractivity contribution < 1.29 is 19.5 Å². The molecule has 10 heteroatoms. The number of carbonyl (C=O) groups is 1. The topological polar surface area (TPSA) is 111 Å². The molecule has 3 aromatic rings. The van der Waals surface area contributed by atoms with Crippen molar-refractivity contribution in [2.75, 3.05) is 25.3 Å². The molecule has 1 amide bonds. The number of ether oxygens (including phenoxy) is 2. The highest BCUT2D eigenvalue weighted by Gasteiger charge is 2.16. The first kappa shape index (κ1) is 23.1. The van der Waals surface area contributed by atoms with E-state index in [2.05, 4.69) is 20.7 Å². The minimum absolute atomic E-state index is 0.159. The number of nitrogens with zero attached hydrogens (tertiary/aromatic N) is 4. The summed E-state index contributed by atoms with van der Waals surface area (Å²) in [4.78, 5) is 12.4. The van der Waals surface area contributed by atoms with E-state index in [1.165, 1.54) is 11.8 Å². The summed E-state index contributed by atoms with van der Waals surface area (Å²) in [6.07, 6.45) is 0. The van der Waals surface area contributed by atoms with E-state index in [1.54, 1.807) is 45.4 Å². The summed E-state index contributed by atoms with van der Waals surface area (Å²) in [6.45, 7) is 4.34. The molecule has 2 N–H and O–H groups in total. The third-order valence-corrected chi connectivity index (χ3v) is 5.71. The van der Waals surface area contributed by atoms with E-state index >= 15 is 0 Å². The highest BCUT2D eigenvalue weighted by molar-refractivity contribution is 7.99. The number of rotatable bonds is 9. The maximum Gasteiger partial charge on any atom is 0.234 e. The second-order valence-corrected chi connectivity index (χ2v) is 7.66. The summed E-state index contributed by atoms with van der Waals surface area (Å²) < 4.78 is 12.6. The van der Waals surface area contributed by atoms with E-state index in [9.17, 15) is 4.79 Å². The predicted molar refractivity (Wildman–Crippen MR) is 124 cm³/mol. The lowest BCUT2D eigenvalue weighted by molar-refractivity contribution is -0.113. The SMILES string of the molecule is CCn1c(SCC(=O)Nc2ccc(/C(C)=N\O)cc2)nnc1-c1ccc(OC)c(OC)c1. The second kappa shape index (κ2) is 10.7. The molecule has 0 aliphatic heterocycles. The van der Waals surface area contributed by atoms with Crippen molar-refractivity contribution in [3.63, 3.8) is 0 Å². The van der Waals surface area contributed by atoms with E-state index < -0.39 is 0 Å². The summed E-state index contributed by atoms with van der Waals surface area (Å²) in [5, 5.41) is 24.1. The highest BCUT2D eigenvalue weighted by atomic mass is 32.2. The van der Waals surface area contributed by atoms with Crippen LogP contribution in [0.3, 0.4) is 0 Å². The third-order valence-electron chi connectivity index (χ3n) is 4.74. The smallest absolute Gasteiger partial charge is 0.234 e. The lowest BCUT2D eigenvalue weighted by Crippen LogP contribution is -2.14. The molecule has 0 aliphatic rings. The summed E-state index contributed by atoms with van der Waals surface area (Å²) in [7, 11) is 3.17. The number of benzene rings is 2. The van der Waals surface area contributed by atoms with Gasteiger partial charge >= 0.3 is 0 Å². The molecule has 1 aromatic heterocycles. The fraction of sp³-hybridized carbons (Fsp3) is 0.273. The summed E-state index contributed by atoms with van der Waals surface area (Å²) >= 11 is 1.31. The second-order valence-electron chi connectivity index (χ2n) is 6.72.